The van der Waals surface area contributed by atoms with Gasteiger partial charge in [-0.3, -0.25) is 20.4 Å². The minimum atomic E-state index is -0.988. The van der Waals surface area contributed by atoms with Crippen molar-refractivity contribution in [2.45, 2.75) is 13.0 Å². The zero-order chi connectivity index (χ0) is 19.9. The van der Waals surface area contributed by atoms with Crippen molar-refractivity contribution in [3.8, 4) is 16.9 Å². The summed E-state index contributed by atoms with van der Waals surface area (Å²) in [5, 5.41) is 0. The second-order valence-electron chi connectivity index (χ2n) is 6.08. The third kappa shape index (κ3) is 4.73. The average molecular weight is 378 g/mol. The van der Waals surface area contributed by atoms with Crippen LogP contribution in [0.3, 0.4) is 0 Å². The second kappa shape index (κ2) is 8.81. The third-order valence-electron chi connectivity index (χ3n) is 4.06. The number of rotatable bonds is 5. The highest BCUT2D eigenvalue weighted by Gasteiger charge is 2.17. The number of nitrogens with one attached hydrogen (secondary N) is 2. The Morgan fingerprint density at radius 1 is 0.821 bits per heavy atom. The minimum absolute atomic E-state index is 0.0343. The Balaban J connectivity index is 1.54. The second-order valence-corrected chi connectivity index (χ2v) is 6.08. The summed E-state index contributed by atoms with van der Waals surface area (Å²) in [6.07, 6.45) is -0.988. The van der Waals surface area contributed by atoms with Crippen LogP contribution in [-0.2, 0) is 4.79 Å². The van der Waals surface area contributed by atoms with Crippen LogP contribution in [0, 0.1) is 5.82 Å². The molecule has 142 valence electrons. The van der Waals surface area contributed by atoms with Crippen molar-refractivity contribution in [3.63, 3.8) is 0 Å². The standard InChI is InChI=1S/C22H19FN2O3/c1-15(28-20-10-6-5-9-19(20)23)21(26)24-25-22(27)18-13-11-17(12-14-18)16-7-3-2-4-8-16/h2-15H,1H3,(H,24,26)(H,25,27). The van der Waals surface area contributed by atoms with Gasteiger partial charge in [-0.1, -0.05) is 54.6 Å². The van der Waals surface area contributed by atoms with Crippen LogP contribution in [0.4, 0.5) is 4.39 Å². The summed E-state index contributed by atoms with van der Waals surface area (Å²) in [6, 6.07) is 22.6. The van der Waals surface area contributed by atoms with Crippen LogP contribution >= 0.6 is 0 Å². The van der Waals surface area contributed by atoms with Crippen LogP contribution < -0.4 is 15.6 Å². The van der Waals surface area contributed by atoms with Crippen molar-refractivity contribution in [2.24, 2.45) is 0 Å². The van der Waals surface area contributed by atoms with Crippen molar-refractivity contribution in [3.05, 3.63) is 90.2 Å². The van der Waals surface area contributed by atoms with E-state index in [0.29, 0.717) is 5.56 Å². The highest BCUT2D eigenvalue weighted by atomic mass is 19.1. The fourth-order valence-electron chi connectivity index (χ4n) is 2.52. The normalized spacial score (nSPS) is 11.4. The van der Waals surface area contributed by atoms with E-state index in [4.69, 9.17) is 4.74 Å². The molecule has 28 heavy (non-hydrogen) atoms. The average Bonchev–Trinajstić information content (AvgIpc) is 2.74. The Kier molecular flexibility index (Phi) is 6.01. The van der Waals surface area contributed by atoms with Gasteiger partial charge in [0.15, 0.2) is 17.7 Å². The smallest absolute Gasteiger partial charge is 0.279 e. The molecular weight excluding hydrogens is 359 g/mol. The van der Waals surface area contributed by atoms with Crippen LogP contribution in [0.5, 0.6) is 5.75 Å². The molecule has 3 aromatic rings. The van der Waals surface area contributed by atoms with Gasteiger partial charge in [0.2, 0.25) is 0 Å². The Hall–Kier alpha value is -3.67. The van der Waals surface area contributed by atoms with E-state index in [1.54, 1.807) is 18.2 Å². The molecule has 0 saturated carbocycles. The lowest BCUT2D eigenvalue weighted by Crippen LogP contribution is -2.47. The summed E-state index contributed by atoms with van der Waals surface area (Å²) in [5.74, 6) is -1.67. The van der Waals surface area contributed by atoms with E-state index >= 15 is 0 Å². The molecule has 0 radical (unpaired) electrons. The van der Waals surface area contributed by atoms with E-state index in [-0.39, 0.29) is 5.75 Å². The SMILES string of the molecule is CC(Oc1ccccc1F)C(=O)NNC(=O)c1ccc(-c2ccccc2)cc1. The minimum Gasteiger partial charge on any atom is -0.478 e. The lowest BCUT2D eigenvalue weighted by molar-refractivity contribution is -0.128. The molecule has 0 aliphatic rings. The molecule has 3 aromatic carbocycles. The highest BCUT2D eigenvalue weighted by molar-refractivity contribution is 5.96. The first-order chi connectivity index (χ1) is 13.5. The predicted molar refractivity (Wildman–Crippen MR) is 104 cm³/mol. The molecule has 0 spiro atoms. The summed E-state index contributed by atoms with van der Waals surface area (Å²) in [7, 11) is 0. The summed E-state index contributed by atoms with van der Waals surface area (Å²) >= 11 is 0. The van der Waals surface area contributed by atoms with Crippen LogP contribution in [0.1, 0.15) is 17.3 Å². The molecule has 6 heteroatoms. The molecule has 1 unspecified atom stereocenters. The Labute approximate surface area is 162 Å². The molecule has 1 atom stereocenters. The number of hydrogen-bond donors (Lipinski definition) is 2. The molecule has 0 bridgehead atoms. The monoisotopic (exact) mass is 378 g/mol. The quantitative estimate of drug-likeness (QED) is 0.665. The molecule has 0 aromatic heterocycles. The summed E-state index contributed by atoms with van der Waals surface area (Å²) in [4.78, 5) is 24.3. The van der Waals surface area contributed by atoms with E-state index in [2.05, 4.69) is 10.9 Å². The number of hydrogen-bond acceptors (Lipinski definition) is 3. The maximum absolute atomic E-state index is 13.6. The lowest BCUT2D eigenvalue weighted by Gasteiger charge is -2.15. The number of carbonyl (C=O) groups excluding carboxylic acids is 2. The zero-order valence-electron chi connectivity index (χ0n) is 15.2. The molecule has 2 N–H and O–H groups in total. The number of para-hydroxylation sites is 1. The molecule has 0 saturated heterocycles. The molecule has 0 heterocycles. The van der Waals surface area contributed by atoms with Crippen molar-refractivity contribution in [2.75, 3.05) is 0 Å². The van der Waals surface area contributed by atoms with Crippen LogP contribution in [-0.4, -0.2) is 17.9 Å². The van der Waals surface area contributed by atoms with Gasteiger partial charge in [-0.15, -0.1) is 0 Å². The van der Waals surface area contributed by atoms with E-state index in [9.17, 15) is 14.0 Å². The van der Waals surface area contributed by atoms with Crippen LogP contribution in [0.15, 0.2) is 78.9 Å². The Bertz CT molecular complexity index is 959. The van der Waals surface area contributed by atoms with Crippen molar-refractivity contribution in [1.29, 1.82) is 0 Å². The maximum Gasteiger partial charge on any atom is 0.279 e. The van der Waals surface area contributed by atoms with Gasteiger partial charge >= 0.3 is 0 Å². The molecule has 0 fully saturated rings. The largest absolute Gasteiger partial charge is 0.478 e. The fourth-order valence-corrected chi connectivity index (χ4v) is 2.52. The summed E-state index contributed by atoms with van der Waals surface area (Å²) in [6.45, 7) is 1.46. The summed E-state index contributed by atoms with van der Waals surface area (Å²) < 4.78 is 18.8. The van der Waals surface area contributed by atoms with Gasteiger partial charge in [0.1, 0.15) is 0 Å². The van der Waals surface area contributed by atoms with E-state index < -0.39 is 23.7 Å². The molecule has 0 aliphatic heterocycles. The highest BCUT2D eigenvalue weighted by Crippen LogP contribution is 2.19. The number of benzene rings is 3. The van der Waals surface area contributed by atoms with Crippen molar-refractivity contribution in [1.82, 2.24) is 10.9 Å². The zero-order valence-corrected chi connectivity index (χ0v) is 15.2. The van der Waals surface area contributed by atoms with Gasteiger partial charge in [0, 0.05) is 5.56 Å². The number of amides is 2. The first-order valence-corrected chi connectivity index (χ1v) is 8.71. The number of halogens is 1. The molecule has 2 amide bonds. The maximum atomic E-state index is 13.6. The van der Waals surface area contributed by atoms with Gasteiger partial charge in [0.25, 0.3) is 11.8 Å². The van der Waals surface area contributed by atoms with E-state index in [1.165, 1.54) is 25.1 Å². The van der Waals surface area contributed by atoms with Gasteiger partial charge in [-0.05, 0) is 42.3 Å². The summed E-state index contributed by atoms with van der Waals surface area (Å²) in [5.41, 5.74) is 7.02. The number of ether oxygens (including phenoxy) is 1. The van der Waals surface area contributed by atoms with Crippen molar-refractivity contribution < 1.29 is 18.7 Å². The van der Waals surface area contributed by atoms with E-state index in [0.717, 1.165) is 11.1 Å². The Morgan fingerprint density at radius 2 is 1.43 bits per heavy atom. The third-order valence-corrected chi connectivity index (χ3v) is 4.06. The molecular formula is C22H19FN2O3. The number of carbonyl (C=O) groups is 2. The molecule has 5 nitrogen and oxygen atoms in total. The predicted octanol–water partition coefficient (Wildman–Crippen LogP) is 3.72. The van der Waals surface area contributed by atoms with Gasteiger partial charge in [-0.2, -0.15) is 0 Å². The number of hydrazine groups is 1. The molecule has 3 rings (SSSR count). The van der Waals surface area contributed by atoms with Gasteiger partial charge in [0.05, 0.1) is 0 Å². The van der Waals surface area contributed by atoms with Gasteiger partial charge < -0.3 is 4.74 Å². The first kappa shape index (κ1) is 19.1. The van der Waals surface area contributed by atoms with Crippen LogP contribution in [0.25, 0.3) is 11.1 Å². The van der Waals surface area contributed by atoms with Gasteiger partial charge in [-0.25, -0.2) is 4.39 Å². The topological polar surface area (TPSA) is 67.4 Å². The molecule has 0 aliphatic carbocycles. The first-order valence-electron chi connectivity index (χ1n) is 8.71. The fraction of sp³-hybridized carbons (Fsp3) is 0.0909. The van der Waals surface area contributed by atoms with Crippen LogP contribution in [0.2, 0.25) is 0 Å². The van der Waals surface area contributed by atoms with E-state index in [1.807, 2.05) is 42.5 Å². The van der Waals surface area contributed by atoms with Crippen molar-refractivity contribution >= 4 is 11.8 Å². The lowest BCUT2D eigenvalue weighted by atomic mass is 10.0. The Morgan fingerprint density at radius 3 is 2.11 bits per heavy atom.